The van der Waals surface area contributed by atoms with Crippen LogP contribution in [0, 0.1) is 0 Å². The van der Waals surface area contributed by atoms with E-state index in [2.05, 4.69) is 10.3 Å². The molecule has 1 rings (SSSR count). The topological polar surface area (TPSA) is 181 Å². The van der Waals surface area contributed by atoms with Crippen molar-refractivity contribution in [3.05, 3.63) is 11.8 Å². The van der Waals surface area contributed by atoms with Gasteiger partial charge in [0.05, 0.1) is 12.8 Å². The minimum Gasteiger partial charge on any atom is -0.461 e. The van der Waals surface area contributed by atoms with Crippen LogP contribution in [-0.4, -0.2) is 105 Å². The maximum atomic E-state index is 12.0. The summed E-state index contributed by atoms with van der Waals surface area (Å²) in [6.07, 6.45) is -6.05. The standard InChI is InChI=1S/C20H36N2O9/c1-3-5-7-21-10-12-9-13(24)15(26)20(30-12)31-18(14(25)11-23)16(27)17(28)19(29)22-8-6-4-2/h9-10,13-18,20,23-28H,3-8,11H2,1-2H3,(H,22,29)/t13-,14+,15+,16+,17+,18+,20-/m0/s1. The first-order valence-electron chi connectivity index (χ1n) is 10.6. The number of aliphatic hydroxyl groups is 6. The van der Waals surface area contributed by atoms with Gasteiger partial charge in [-0.2, -0.15) is 0 Å². The summed E-state index contributed by atoms with van der Waals surface area (Å²) in [5.74, 6) is -0.781. The molecule has 180 valence electrons. The molecule has 11 nitrogen and oxygen atoms in total. The predicted octanol–water partition coefficient (Wildman–Crippen LogP) is -1.80. The molecule has 0 saturated carbocycles. The fraction of sp³-hybridized carbons (Fsp3) is 0.800. The van der Waals surface area contributed by atoms with E-state index in [0.717, 1.165) is 19.3 Å². The predicted molar refractivity (Wildman–Crippen MR) is 111 cm³/mol. The quantitative estimate of drug-likeness (QED) is 0.119. The maximum absolute atomic E-state index is 12.0. The molecule has 1 aliphatic rings. The van der Waals surface area contributed by atoms with E-state index in [1.807, 2.05) is 13.8 Å². The van der Waals surface area contributed by atoms with Crippen molar-refractivity contribution in [3.63, 3.8) is 0 Å². The van der Waals surface area contributed by atoms with Crippen LogP contribution in [0.25, 0.3) is 0 Å². The van der Waals surface area contributed by atoms with Crippen molar-refractivity contribution in [2.45, 2.75) is 82.4 Å². The Hall–Kier alpha value is -1.60. The molecule has 1 amide bonds. The average Bonchev–Trinajstić information content (AvgIpc) is 2.76. The molecule has 0 aromatic rings. The zero-order valence-electron chi connectivity index (χ0n) is 18.0. The van der Waals surface area contributed by atoms with Gasteiger partial charge in [0, 0.05) is 13.1 Å². The molecule has 0 aromatic heterocycles. The number of rotatable bonds is 14. The Morgan fingerprint density at radius 1 is 1.26 bits per heavy atom. The molecule has 0 unspecified atom stereocenters. The Bertz CT molecular complexity index is 587. The number of aliphatic imine (C=N–C) groups is 1. The van der Waals surface area contributed by atoms with Crippen molar-refractivity contribution in [1.29, 1.82) is 0 Å². The van der Waals surface area contributed by atoms with Crippen molar-refractivity contribution >= 4 is 12.1 Å². The molecule has 7 atom stereocenters. The molecule has 1 heterocycles. The number of nitrogens with zero attached hydrogens (tertiary/aromatic N) is 1. The second kappa shape index (κ2) is 14.5. The highest BCUT2D eigenvalue weighted by atomic mass is 16.7. The van der Waals surface area contributed by atoms with Gasteiger partial charge in [-0.15, -0.1) is 0 Å². The summed E-state index contributed by atoms with van der Waals surface area (Å²) in [6.45, 7) is 3.88. The first kappa shape index (κ1) is 27.4. The molecule has 0 spiro atoms. The molecular weight excluding hydrogens is 412 g/mol. The fourth-order valence-electron chi connectivity index (χ4n) is 2.74. The number of hydrogen-bond acceptors (Lipinski definition) is 10. The maximum Gasteiger partial charge on any atom is 0.251 e. The van der Waals surface area contributed by atoms with Crippen LogP contribution >= 0.6 is 0 Å². The third-order valence-corrected chi connectivity index (χ3v) is 4.69. The van der Waals surface area contributed by atoms with Crippen LogP contribution in [-0.2, 0) is 14.3 Å². The van der Waals surface area contributed by atoms with E-state index < -0.39 is 55.4 Å². The first-order valence-corrected chi connectivity index (χ1v) is 10.6. The number of carbonyl (C=O) groups excluding carboxylic acids is 1. The number of carbonyl (C=O) groups is 1. The SMILES string of the molecule is CCCCN=CC1=C[C@H](O)[C@@H](O)[C@H](O[C@@H]([C@H](O)[C@@H](O)C(=O)NCCCC)[C@H](O)CO)O1. The van der Waals surface area contributed by atoms with Gasteiger partial charge in [-0.25, -0.2) is 0 Å². The Kier molecular flexibility index (Phi) is 12.8. The first-order chi connectivity index (χ1) is 14.8. The summed E-state index contributed by atoms with van der Waals surface area (Å²) < 4.78 is 10.8. The molecule has 0 aliphatic carbocycles. The van der Waals surface area contributed by atoms with Crippen LogP contribution in [0.2, 0.25) is 0 Å². The molecule has 11 heteroatoms. The lowest BCUT2D eigenvalue weighted by atomic mass is 10.0. The highest BCUT2D eigenvalue weighted by Gasteiger charge is 2.42. The second-order valence-electron chi connectivity index (χ2n) is 7.36. The van der Waals surface area contributed by atoms with Crippen molar-refractivity contribution < 1.29 is 44.9 Å². The van der Waals surface area contributed by atoms with Crippen LogP contribution in [0.15, 0.2) is 16.8 Å². The van der Waals surface area contributed by atoms with Gasteiger partial charge in [-0.3, -0.25) is 9.79 Å². The molecule has 0 saturated heterocycles. The number of allylic oxidation sites excluding steroid dienone is 1. The van der Waals surface area contributed by atoms with E-state index in [-0.39, 0.29) is 12.3 Å². The normalized spacial score (nSPS) is 25.4. The Balaban J connectivity index is 2.88. The van der Waals surface area contributed by atoms with Gasteiger partial charge >= 0.3 is 0 Å². The van der Waals surface area contributed by atoms with E-state index in [9.17, 15) is 35.4 Å². The zero-order chi connectivity index (χ0) is 23.4. The molecular formula is C20H36N2O9. The molecule has 31 heavy (non-hydrogen) atoms. The van der Waals surface area contributed by atoms with Crippen LogP contribution in [0.3, 0.4) is 0 Å². The van der Waals surface area contributed by atoms with Gasteiger partial charge in [-0.05, 0) is 18.9 Å². The van der Waals surface area contributed by atoms with E-state index in [1.165, 1.54) is 12.3 Å². The minimum atomic E-state index is -1.97. The second-order valence-corrected chi connectivity index (χ2v) is 7.36. The van der Waals surface area contributed by atoms with Gasteiger partial charge in [0.15, 0.2) is 6.10 Å². The summed E-state index contributed by atoms with van der Waals surface area (Å²) in [6, 6.07) is 0. The van der Waals surface area contributed by atoms with E-state index in [0.29, 0.717) is 13.0 Å². The number of nitrogens with one attached hydrogen (secondary N) is 1. The van der Waals surface area contributed by atoms with Gasteiger partial charge < -0.3 is 45.4 Å². The lowest BCUT2D eigenvalue weighted by Crippen LogP contribution is -2.56. The van der Waals surface area contributed by atoms with Crippen molar-refractivity contribution in [2.24, 2.45) is 4.99 Å². The third-order valence-electron chi connectivity index (χ3n) is 4.69. The van der Waals surface area contributed by atoms with E-state index in [4.69, 9.17) is 9.47 Å². The van der Waals surface area contributed by atoms with Gasteiger partial charge in [0.2, 0.25) is 6.29 Å². The van der Waals surface area contributed by atoms with E-state index in [1.54, 1.807) is 0 Å². The number of unbranched alkanes of at least 4 members (excludes halogenated alkanes) is 2. The lowest BCUT2D eigenvalue weighted by Gasteiger charge is -2.36. The summed E-state index contributed by atoms with van der Waals surface area (Å²) in [5.41, 5.74) is 0. The Morgan fingerprint density at radius 3 is 2.55 bits per heavy atom. The van der Waals surface area contributed by atoms with Crippen LogP contribution in [0.1, 0.15) is 39.5 Å². The largest absolute Gasteiger partial charge is 0.461 e. The van der Waals surface area contributed by atoms with Crippen molar-refractivity contribution in [2.75, 3.05) is 19.7 Å². The summed E-state index contributed by atoms with van der Waals surface area (Å²) in [5, 5.41) is 62.6. The zero-order valence-corrected chi connectivity index (χ0v) is 18.0. The highest BCUT2D eigenvalue weighted by Crippen LogP contribution is 2.22. The molecule has 1 aliphatic heterocycles. The number of ether oxygens (including phenoxy) is 2. The number of amides is 1. The molecule has 0 bridgehead atoms. The van der Waals surface area contributed by atoms with E-state index >= 15 is 0 Å². The van der Waals surface area contributed by atoms with Crippen molar-refractivity contribution in [1.82, 2.24) is 5.32 Å². The molecule has 0 fully saturated rings. The average molecular weight is 449 g/mol. The van der Waals surface area contributed by atoms with Crippen LogP contribution in [0.4, 0.5) is 0 Å². The third kappa shape index (κ3) is 8.81. The fourth-order valence-corrected chi connectivity index (χ4v) is 2.74. The van der Waals surface area contributed by atoms with Crippen LogP contribution < -0.4 is 5.32 Å². The lowest BCUT2D eigenvalue weighted by molar-refractivity contribution is -0.257. The van der Waals surface area contributed by atoms with Gasteiger partial charge in [-0.1, -0.05) is 26.7 Å². The number of hydrogen-bond donors (Lipinski definition) is 7. The Morgan fingerprint density at radius 2 is 1.94 bits per heavy atom. The summed E-state index contributed by atoms with van der Waals surface area (Å²) in [7, 11) is 0. The Labute approximate surface area is 182 Å². The highest BCUT2D eigenvalue weighted by molar-refractivity contribution is 5.81. The summed E-state index contributed by atoms with van der Waals surface area (Å²) in [4.78, 5) is 16.2. The van der Waals surface area contributed by atoms with Crippen LogP contribution in [0.5, 0.6) is 0 Å². The molecule has 0 aromatic carbocycles. The number of aliphatic hydroxyl groups excluding tert-OH is 6. The molecule has 7 N–H and O–H groups in total. The van der Waals surface area contributed by atoms with Gasteiger partial charge in [0.1, 0.15) is 36.3 Å². The molecule has 0 radical (unpaired) electrons. The summed E-state index contributed by atoms with van der Waals surface area (Å²) >= 11 is 0. The van der Waals surface area contributed by atoms with Gasteiger partial charge in [0.25, 0.3) is 5.91 Å². The minimum absolute atomic E-state index is 0.100. The van der Waals surface area contributed by atoms with Crippen molar-refractivity contribution in [3.8, 4) is 0 Å². The monoisotopic (exact) mass is 448 g/mol. The smallest absolute Gasteiger partial charge is 0.251 e.